The van der Waals surface area contributed by atoms with Gasteiger partial charge in [0.25, 0.3) is 0 Å². The molecule has 1 aromatic carbocycles. The number of carboxylic acids is 1. The number of rotatable bonds is 4. The van der Waals surface area contributed by atoms with Crippen LogP contribution in [0.25, 0.3) is 0 Å². The fourth-order valence-electron chi connectivity index (χ4n) is 1.94. The van der Waals surface area contributed by atoms with Gasteiger partial charge in [-0.05, 0) is 12.1 Å². The Balaban J connectivity index is 2.25. The lowest BCUT2D eigenvalue weighted by atomic mass is 9.92. The van der Waals surface area contributed by atoms with Crippen LogP contribution in [0.1, 0.15) is 12.0 Å². The minimum atomic E-state index is -4.53. The van der Waals surface area contributed by atoms with E-state index in [4.69, 9.17) is 9.84 Å². The zero-order valence-electron chi connectivity index (χ0n) is 9.83. The maximum Gasteiger partial charge on any atom is 0.419 e. The SMILES string of the molecule is O=C(O)CC1(Oc2ccccc2C(F)(F)F)CNC1. The molecule has 0 aromatic heterocycles. The maximum atomic E-state index is 12.8. The summed E-state index contributed by atoms with van der Waals surface area (Å²) in [6.07, 6.45) is -4.87. The van der Waals surface area contributed by atoms with Gasteiger partial charge in [0, 0.05) is 13.1 Å². The van der Waals surface area contributed by atoms with Crippen LogP contribution in [0.4, 0.5) is 13.2 Å². The van der Waals surface area contributed by atoms with Crippen LogP contribution >= 0.6 is 0 Å². The van der Waals surface area contributed by atoms with Crippen molar-refractivity contribution in [3.63, 3.8) is 0 Å². The van der Waals surface area contributed by atoms with Crippen molar-refractivity contribution in [2.45, 2.75) is 18.2 Å². The van der Waals surface area contributed by atoms with E-state index in [1.165, 1.54) is 18.2 Å². The number of para-hydroxylation sites is 1. The summed E-state index contributed by atoms with van der Waals surface area (Å²) in [5, 5.41) is 11.6. The number of hydrogen-bond acceptors (Lipinski definition) is 3. The average Bonchev–Trinajstić information content (AvgIpc) is 2.24. The fourth-order valence-corrected chi connectivity index (χ4v) is 1.94. The third kappa shape index (κ3) is 2.98. The molecule has 1 heterocycles. The number of halogens is 3. The fraction of sp³-hybridized carbons (Fsp3) is 0.417. The van der Waals surface area contributed by atoms with Crippen LogP contribution < -0.4 is 10.1 Å². The molecule has 104 valence electrons. The second-order valence-electron chi connectivity index (χ2n) is 4.45. The molecule has 0 saturated carbocycles. The lowest BCUT2D eigenvalue weighted by Gasteiger charge is -2.41. The Morgan fingerprint density at radius 2 is 2.00 bits per heavy atom. The van der Waals surface area contributed by atoms with Crippen LogP contribution in [-0.4, -0.2) is 29.8 Å². The van der Waals surface area contributed by atoms with E-state index in [1.807, 2.05) is 0 Å². The van der Waals surface area contributed by atoms with Gasteiger partial charge in [0.1, 0.15) is 11.4 Å². The van der Waals surface area contributed by atoms with Gasteiger partial charge in [-0.2, -0.15) is 13.2 Å². The number of benzene rings is 1. The third-order valence-electron chi connectivity index (χ3n) is 2.89. The van der Waals surface area contributed by atoms with Crippen LogP contribution in [0.15, 0.2) is 24.3 Å². The molecule has 0 amide bonds. The number of alkyl halides is 3. The molecule has 0 radical (unpaired) electrons. The highest BCUT2D eigenvalue weighted by atomic mass is 19.4. The number of ether oxygens (including phenoxy) is 1. The number of carboxylic acid groups (broad SMARTS) is 1. The van der Waals surface area contributed by atoms with Gasteiger partial charge >= 0.3 is 12.1 Å². The summed E-state index contributed by atoms with van der Waals surface area (Å²) < 4.78 is 43.7. The summed E-state index contributed by atoms with van der Waals surface area (Å²) in [6, 6.07) is 4.80. The van der Waals surface area contributed by atoms with Gasteiger partial charge < -0.3 is 15.2 Å². The van der Waals surface area contributed by atoms with Crippen molar-refractivity contribution < 1.29 is 27.8 Å². The standard InChI is InChI=1S/C12H12F3NO3/c13-12(14,15)8-3-1-2-4-9(8)19-11(5-10(17)18)6-16-7-11/h1-4,16H,5-7H2,(H,17,18). The normalized spacial score (nSPS) is 17.6. The molecule has 1 aliphatic heterocycles. The Morgan fingerprint density at radius 3 is 2.47 bits per heavy atom. The summed E-state index contributed by atoms with van der Waals surface area (Å²) >= 11 is 0. The lowest BCUT2D eigenvalue weighted by Crippen LogP contribution is -2.64. The van der Waals surface area contributed by atoms with Gasteiger partial charge in [0.15, 0.2) is 0 Å². The molecule has 1 fully saturated rings. The van der Waals surface area contributed by atoms with Gasteiger partial charge in [0.05, 0.1) is 12.0 Å². The molecule has 4 nitrogen and oxygen atoms in total. The highest BCUT2D eigenvalue weighted by molar-refractivity contribution is 5.68. The van der Waals surface area contributed by atoms with Gasteiger partial charge in [-0.1, -0.05) is 12.1 Å². The number of nitrogens with one attached hydrogen (secondary N) is 1. The van der Waals surface area contributed by atoms with E-state index in [0.29, 0.717) is 0 Å². The van der Waals surface area contributed by atoms with Crippen molar-refractivity contribution in [1.29, 1.82) is 0 Å². The van der Waals surface area contributed by atoms with Crippen LogP contribution in [0.3, 0.4) is 0 Å². The Labute approximate surface area is 107 Å². The molecule has 0 atom stereocenters. The summed E-state index contributed by atoms with van der Waals surface area (Å²) in [5.74, 6) is -1.44. The zero-order chi connectivity index (χ0) is 14.1. The third-order valence-corrected chi connectivity index (χ3v) is 2.89. The van der Waals surface area contributed by atoms with Gasteiger partial charge in [-0.3, -0.25) is 4.79 Å². The van der Waals surface area contributed by atoms with Crippen molar-refractivity contribution in [3.05, 3.63) is 29.8 Å². The molecule has 0 bridgehead atoms. The smallest absolute Gasteiger partial charge is 0.419 e. The van der Waals surface area contributed by atoms with Gasteiger partial charge in [-0.25, -0.2) is 0 Å². The largest absolute Gasteiger partial charge is 0.483 e. The summed E-state index contributed by atoms with van der Waals surface area (Å²) in [5.41, 5.74) is -2.00. The molecular formula is C12H12F3NO3. The van der Waals surface area contributed by atoms with Crippen LogP contribution in [0.5, 0.6) is 5.75 Å². The van der Waals surface area contributed by atoms with E-state index in [0.717, 1.165) is 6.07 Å². The quantitative estimate of drug-likeness (QED) is 0.881. The van der Waals surface area contributed by atoms with E-state index in [1.54, 1.807) is 0 Å². The van der Waals surface area contributed by atoms with Crippen molar-refractivity contribution in [2.75, 3.05) is 13.1 Å². The highest BCUT2D eigenvalue weighted by Crippen LogP contribution is 2.38. The second kappa shape index (κ2) is 4.73. The Kier molecular flexibility index (Phi) is 3.40. The molecule has 0 aliphatic carbocycles. The number of carbonyl (C=O) groups is 1. The molecule has 0 spiro atoms. The first-order valence-electron chi connectivity index (χ1n) is 5.60. The Bertz CT molecular complexity index is 483. The van der Waals surface area contributed by atoms with Gasteiger partial charge in [-0.15, -0.1) is 0 Å². The summed E-state index contributed by atoms with van der Waals surface area (Å²) in [7, 11) is 0. The van der Waals surface area contributed by atoms with Crippen molar-refractivity contribution in [3.8, 4) is 5.75 Å². The molecule has 2 rings (SSSR count). The summed E-state index contributed by atoms with van der Waals surface area (Å²) in [6.45, 7) is 0.428. The van der Waals surface area contributed by atoms with E-state index in [2.05, 4.69) is 5.32 Å². The molecule has 0 unspecified atom stereocenters. The predicted octanol–water partition coefficient (Wildman–Crippen LogP) is 1.90. The predicted molar refractivity (Wildman–Crippen MR) is 59.9 cm³/mol. The first-order valence-corrected chi connectivity index (χ1v) is 5.60. The molecule has 1 aromatic rings. The Morgan fingerprint density at radius 1 is 1.37 bits per heavy atom. The van der Waals surface area contributed by atoms with Crippen molar-refractivity contribution in [2.24, 2.45) is 0 Å². The van der Waals surface area contributed by atoms with Gasteiger partial charge in [0.2, 0.25) is 0 Å². The topological polar surface area (TPSA) is 58.6 Å². The first-order chi connectivity index (χ1) is 8.82. The highest BCUT2D eigenvalue weighted by Gasteiger charge is 2.44. The van der Waals surface area contributed by atoms with E-state index in [9.17, 15) is 18.0 Å². The van der Waals surface area contributed by atoms with Crippen LogP contribution in [-0.2, 0) is 11.0 Å². The van der Waals surface area contributed by atoms with Crippen molar-refractivity contribution >= 4 is 5.97 Å². The van der Waals surface area contributed by atoms with E-state index < -0.39 is 23.3 Å². The maximum absolute atomic E-state index is 12.8. The second-order valence-corrected chi connectivity index (χ2v) is 4.45. The van der Waals surface area contributed by atoms with E-state index in [-0.39, 0.29) is 25.3 Å². The summed E-state index contributed by atoms with van der Waals surface area (Å²) in [4.78, 5) is 10.7. The molecule has 1 aliphatic rings. The van der Waals surface area contributed by atoms with Crippen molar-refractivity contribution in [1.82, 2.24) is 5.32 Å². The van der Waals surface area contributed by atoms with E-state index >= 15 is 0 Å². The minimum absolute atomic E-state index is 0.214. The Hall–Kier alpha value is -1.76. The minimum Gasteiger partial charge on any atom is -0.483 e. The monoisotopic (exact) mass is 275 g/mol. The molecular weight excluding hydrogens is 263 g/mol. The zero-order valence-corrected chi connectivity index (χ0v) is 9.83. The molecule has 19 heavy (non-hydrogen) atoms. The molecule has 7 heteroatoms. The lowest BCUT2D eigenvalue weighted by molar-refractivity contribution is -0.145. The first kappa shape index (κ1) is 13.7. The molecule has 1 saturated heterocycles. The van der Waals surface area contributed by atoms with Crippen LogP contribution in [0.2, 0.25) is 0 Å². The number of hydrogen-bond donors (Lipinski definition) is 2. The number of aliphatic carboxylic acids is 1. The molecule has 2 N–H and O–H groups in total. The average molecular weight is 275 g/mol. The van der Waals surface area contributed by atoms with Crippen LogP contribution in [0, 0.1) is 0 Å².